The summed E-state index contributed by atoms with van der Waals surface area (Å²) in [5.74, 6) is -3.01. The second-order valence-electron chi connectivity index (χ2n) is 6.26. The molecular weight excluding hydrogens is 476 g/mol. The monoisotopic (exact) mass is 488 g/mol. The summed E-state index contributed by atoms with van der Waals surface area (Å²) in [5.41, 5.74) is -0.400. The van der Waals surface area contributed by atoms with Gasteiger partial charge in [0, 0.05) is 17.3 Å². The van der Waals surface area contributed by atoms with Crippen LogP contribution in [-0.4, -0.2) is 20.9 Å². The Morgan fingerprint density at radius 3 is 2.16 bits per heavy atom. The molecule has 32 heavy (non-hydrogen) atoms. The van der Waals surface area contributed by atoms with E-state index in [9.17, 15) is 30.8 Å². The average Bonchev–Trinajstić information content (AvgIpc) is 2.69. The molecule has 0 fully saturated rings. The molecule has 0 unspecified atom stereocenters. The van der Waals surface area contributed by atoms with Crippen molar-refractivity contribution in [3.8, 4) is 5.75 Å². The normalized spacial score (nSPS) is 11.3. The number of sulfonamides is 1. The molecule has 2 N–H and O–H groups in total. The van der Waals surface area contributed by atoms with Crippen molar-refractivity contribution in [2.24, 2.45) is 0 Å². The lowest BCUT2D eigenvalue weighted by Crippen LogP contribution is -2.16. The van der Waals surface area contributed by atoms with Crippen LogP contribution in [0.3, 0.4) is 0 Å². The van der Waals surface area contributed by atoms with Gasteiger partial charge in [-0.2, -0.15) is 8.78 Å². The van der Waals surface area contributed by atoms with Gasteiger partial charge in [-0.25, -0.2) is 17.2 Å². The van der Waals surface area contributed by atoms with Crippen molar-refractivity contribution in [1.29, 1.82) is 0 Å². The van der Waals surface area contributed by atoms with Gasteiger partial charge in [0.15, 0.2) is 0 Å². The predicted octanol–water partition coefficient (Wildman–Crippen LogP) is 5.27. The molecule has 3 rings (SSSR count). The summed E-state index contributed by atoms with van der Waals surface area (Å²) in [5, 5.41) is 2.27. The maximum Gasteiger partial charge on any atom is 0.387 e. The van der Waals surface area contributed by atoms with E-state index >= 15 is 0 Å². The summed E-state index contributed by atoms with van der Waals surface area (Å²) < 4.78 is 82.8. The summed E-state index contributed by atoms with van der Waals surface area (Å²) >= 11 is 6.01. The number of ether oxygens (including phenoxy) is 1. The fourth-order valence-corrected chi connectivity index (χ4v) is 3.81. The number of halogens is 5. The maximum absolute atomic E-state index is 13.3. The van der Waals surface area contributed by atoms with Crippen LogP contribution in [0, 0.1) is 11.6 Å². The third-order valence-electron chi connectivity index (χ3n) is 3.95. The van der Waals surface area contributed by atoms with E-state index in [2.05, 4.69) is 14.8 Å². The van der Waals surface area contributed by atoms with E-state index in [0.717, 1.165) is 36.4 Å². The van der Waals surface area contributed by atoms with Crippen LogP contribution in [0.15, 0.2) is 65.6 Å². The van der Waals surface area contributed by atoms with Gasteiger partial charge in [-0.3, -0.25) is 9.52 Å². The van der Waals surface area contributed by atoms with Crippen LogP contribution < -0.4 is 14.8 Å². The number of hydrogen-bond acceptors (Lipinski definition) is 4. The van der Waals surface area contributed by atoms with E-state index in [0.29, 0.717) is 6.07 Å². The third-order valence-corrected chi connectivity index (χ3v) is 5.66. The largest absolute Gasteiger partial charge is 0.435 e. The van der Waals surface area contributed by atoms with Gasteiger partial charge >= 0.3 is 6.61 Å². The molecule has 0 aliphatic rings. The van der Waals surface area contributed by atoms with Crippen LogP contribution in [0.2, 0.25) is 5.02 Å². The highest BCUT2D eigenvalue weighted by Gasteiger charge is 2.18. The van der Waals surface area contributed by atoms with Crippen LogP contribution in [0.25, 0.3) is 0 Å². The molecule has 0 saturated carbocycles. The average molecular weight is 489 g/mol. The molecule has 6 nitrogen and oxygen atoms in total. The second kappa shape index (κ2) is 9.45. The number of hydrogen-bond donors (Lipinski definition) is 2. The fourth-order valence-electron chi connectivity index (χ4n) is 2.57. The van der Waals surface area contributed by atoms with Crippen LogP contribution in [-0.2, 0) is 10.0 Å². The van der Waals surface area contributed by atoms with E-state index in [1.54, 1.807) is 0 Å². The molecule has 0 aromatic heterocycles. The molecular formula is C20H13ClF4N2O4S. The van der Waals surface area contributed by atoms with Gasteiger partial charge in [0.2, 0.25) is 0 Å². The number of benzene rings is 3. The molecule has 0 radical (unpaired) electrons. The van der Waals surface area contributed by atoms with Crippen LogP contribution in [0.4, 0.5) is 28.9 Å². The Hall–Kier alpha value is -3.31. The SMILES string of the molecule is O=C(Nc1cc(S(=O)(=O)Nc2ccc(OC(F)F)cc2)ccc1Cl)c1cc(F)cc(F)c1. The first-order valence-corrected chi connectivity index (χ1v) is 10.5. The van der Waals surface area contributed by atoms with Crippen molar-refractivity contribution in [3.63, 3.8) is 0 Å². The van der Waals surface area contributed by atoms with Crippen molar-refractivity contribution in [2.45, 2.75) is 11.5 Å². The van der Waals surface area contributed by atoms with Gasteiger partial charge in [0.1, 0.15) is 17.4 Å². The minimum Gasteiger partial charge on any atom is -0.435 e. The molecule has 0 aliphatic carbocycles. The van der Waals surface area contributed by atoms with Crippen molar-refractivity contribution in [3.05, 3.63) is 82.9 Å². The minimum absolute atomic E-state index is 0.0253. The molecule has 3 aromatic rings. The third kappa shape index (κ3) is 5.89. The number of rotatable bonds is 7. The number of alkyl halides is 2. The summed E-state index contributed by atoms with van der Waals surface area (Å²) in [6.45, 7) is -3.02. The first kappa shape index (κ1) is 23.4. The Labute approximate surface area is 184 Å². The summed E-state index contributed by atoms with van der Waals surface area (Å²) in [6.07, 6.45) is 0. The lowest BCUT2D eigenvalue weighted by atomic mass is 10.2. The summed E-state index contributed by atoms with van der Waals surface area (Å²) in [4.78, 5) is 12.0. The van der Waals surface area contributed by atoms with E-state index < -0.39 is 34.2 Å². The van der Waals surface area contributed by atoms with Crippen LogP contribution in [0.5, 0.6) is 5.75 Å². The van der Waals surface area contributed by atoms with Crippen molar-refractivity contribution >= 4 is 38.9 Å². The Morgan fingerprint density at radius 1 is 0.938 bits per heavy atom. The van der Waals surface area contributed by atoms with E-state index in [1.165, 1.54) is 18.2 Å². The first-order chi connectivity index (χ1) is 15.0. The van der Waals surface area contributed by atoms with Crippen molar-refractivity contribution in [1.82, 2.24) is 0 Å². The number of carbonyl (C=O) groups excluding carboxylic acids is 1. The lowest BCUT2D eigenvalue weighted by Gasteiger charge is -2.12. The van der Waals surface area contributed by atoms with Gasteiger partial charge in [-0.15, -0.1) is 0 Å². The molecule has 0 aliphatic heterocycles. The molecule has 168 valence electrons. The molecule has 1 amide bonds. The van der Waals surface area contributed by atoms with Gasteiger partial charge in [0.05, 0.1) is 15.6 Å². The zero-order chi connectivity index (χ0) is 23.5. The van der Waals surface area contributed by atoms with E-state index in [4.69, 9.17) is 11.6 Å². The highest BCUT2D eigenvalue weighted by atomic mass is 35.5. The quantitative estimate of drug-likeness (QED) is 0.444. The standard InChI is InChI=1S/C20H13ClF4N2O4S/c21-17-6-5-16(10-18(17)26-19(28)11-7-12(22)9-13(23)8-11)32(29,30)27-14-1-3-15(4-2-14)31-20(24)25/h1-10,20,27H,(H,26,28). The van der Waals surface area contributed by atoms with Gasteiger partial charge in [0.25, 0.3) is 15.9 Å². The van der Waals surface area contributed by atoms with Crippen LogP contribution >= 0.6 is 11.6 Å². The highest BCUT2D eigenvalue weighted by Crippen LogP contribution is 2.28. The Balaban J connectivity index is 1.81. The minimum atomic E-state index is -4.17. The molecule has 0 heterocycles. The summed E-state index contributed by atoms with van der Waals surface area (Å²) in [6, 6.07) is 10.3. The topological polar surface area (TPSA) is 84.5 Å². The predicted molar refractivity (Wildman–Crippen MR) is 110 cm³/mol. The smallest absolute Gasteiger partial charge is 0.387 e. The van der Waals surface area contributed by atoms with Gasteiger partial charge in [-0.1, -0.05) is 11.6 Å². The molecule has 3 aromatic carbocycles. The molecule has 0 spiro atoms. The zero-order valence-corrected chi connectivity index (χ0v) is 17.4. The Kier molecular flexibility index (Phi) is 6.90. The van der Waals surface area contributed by atoms with Gasteiger partial charge < -0.3 is 10.1 Å². The fraction of sp³-hybridized carbons (Fsp3) is 0.0500. The highest BCUT2D eigenvalue weighted by molar-refractivity contribution is 7.92. The number of carbonyl (C=O) groups is 1. The van der Waals surface area contributed by atoms with E-state index in [1.807, 2.05) is 0 Å². The Bertz CT molecular complexity index is 1230. The molecule has 0 bridgehead atoms. The Morgan fingerprint density at radius 2 is 1.56 bits per heavy atom. The number of anilines is 2. The second-order valence-corrected chi connectivity index (χ2v) is 8.35. The van der Waals surface area contributed by atoms with Crippen molar-refractivity contribution in [2.75, 3.05) is 10.0 Å². The maximum atomic E-state index is 13.3. The first-order valence-electron chi connectivity index (χ1n) is 8.68. The zero-order valence-electron chi connectivity index (χ0n) is 15.8. The van der Waals surface area contributed by atoms with E-state index in [-0.39, 0.29) is 32.6 Å². The molecule has 0 saturated heterocycles. The number of amides is 1. The summed E-state index contributed by atoms with van der Waals surface area (Å²) in [7, 11) is -4.17. The molecule has 0 atom stereocenters. The lowest BCUT2D eigenvalue weighted by molar-refractivity contribution is -0.0498. The van der Waals surface area contributed by atoms with Gasteiger partial charge in [-0.05, 0) is 54.6 Å². The van der Waals surface area contributed by atoms with Crippen LogP contribution in [0.1, 0.15) is 10.4 Å². The molecule has 12 heteroatoms. The van der Waals surface area contributed by atoms with Crippen molar-refractivity contribution < 1.29 is 35.5 Å². The number of nitrogens with one attached hydrogen (secondary N) is 2.